The van der Waals surface area contributed by atoms with Crippen molar-refractivity contribution in [3.63, 3.8) is 0 Å². The zero-order valence-electron chi connectivity index (χ0n) is 15.1. The van der Waals surface area contributed by atoms with Crippen LogP contribution in [-0.4, -0.2) is 43.7 Å². The van der Waals surface area contributed by atoms with Crippen molar-refractivity contribution in [3.05, 3.63) is 29.8 Å². The molecule has 24 heavy (non-hydrogen) atoms. The van der Waals surface area contributed by atoms with E-state index < -0.39 is 5.41 Å². The molecule has 1 heterocycles. The molecular weight excluding hydrogens is 304 g/mol. The molecule has 0 aliphatic carbocycles. The van der Waals surface area contributed by atoms with E-state index in [9.17, 15) is 4.79 Å². The highest BCUT2D eigenvalue weighted by Gasteiger charge is 2.39. The van der Waals surface area contributed by atoms with Gasteiger partial charge in [0.1, 0.15) is 5.75 Å². The van der Waals surface area contributed by atoms with Gasteiger partial charge in [0.05, 0.1) is 11.5 Å². The van der Waals surface area contributed by atoms with Crippen molar-refractivity contribution in [2.45, 2.75) is 45.8 Å². The number of carbonyl (C=O) groups excluding carboxylic acids is 1. The lowest BCUT2D eigenvalue weighted by Gasteiger charge is -2.39. The zero-order chi connectivity index (χ0) is 17.6. The van der Waals surface area contributed by atoms with Crippen LogP contribution in [0.2, 0.25) is 0 Å². The molecule has 1 aliphatic heterocycles. The lowest BCUT2D eigenvalue weighted by Crippen LogP contribution is -2.47. The first-order valence-corrected chi connectivity index (χ1v) is 8.72. The molecular formula is C19H30N2O3. The normalized spacial score (nSPS) is 17.8. The van der Waals surface area contributed by atoms with E-state index in [1.807, 2.05) is 32.0 Å². The number of amides is 1. The summed E-state index contributed by atoms with van der Waals surface area (Å²) in [5, 5.41) is 0. The molecule has 2 N–H and O–H groups in total. The van der Waals surface area contributed by atoms with Gasteiger partial charge in [-0.3, -0.25) is 9.69 Å². The Balaban J connectivity index is 1.99. The minimum atomic E-state index is -0.416. The predicted molar refractivity (Wildman–Crippen MR) is 94.8 cm³/mol. The highest BCUT2D eigenvalue weighted by Crippen LogP contribution is 2.35. The second-order valence-electron chi connectivity index (χ2n) is 6.94. The van der Waals surface area contributed by atoms with Crippen molar-refractivity contribution in [1.82, 2.24) is 4.90 Å². The van der Waals surface area contributed by atoms with E-state index in [1.165, 1.54) is 5.56 Å². The molecule has 1 saturated heterocycles. The molecule has 1 aromatic carbocycles. The minimum absolute atomic E-state index is 0.157. The highest BCUT2D eigenvalue weighted by molar-refractivity contribution is 5.81. The van der Waals surface area contributed by atoms with Gasteiger partial charge in [0, 0.05) is 25.8 Å². The summed E-state index contributed by atoms with van der Waals surface area (Å²) in [5.74, 6) is 0.751. The van der Waals surface area contributed by atoms with Crippen molar-refractivity contribution in [1.29, 1.82) is 0 Å². The number of piperidine rings is 1. The number of methoxy groups -OCH3 is 1. The van der Waals surface area contributed by atoms with Crippen molar-refractivity contribution in [2.24, 2.45) is 11.1 Å². The van der Waals surface area contributed by atoms with E-state index in [0.717, 1.165) is 38.2 Å². The van der Waals surface area contributed by atoms with Gasteiger partial charge in [-0.25, -0.2) is 0 Å². The Bertz CT molecular complexity index is 537. The smallest absolute Gasteiger partial charge is 0.223 e. The summed E-state index contributed by atoms with van der Waals surface area (Å²) in [7, 11) is 1.66. The number of benzene rings is 1. The second-order valence-corrected chi connectivity index (χ2v) is 6.94. The van der Waals surface area contributed by atoms with Gasteiger partial charge in [0.25, 0.3) is 0 Å². The zero-order valence-corrected chi connectivity index (χ0v) is 15.1. The average molecular weight is 334 g/mol. The highest BCUT2D eigenvalue weighted by atomic mass is 16.5. The maximum absolute atomic E-state index is 12.0. The summed E-state index contributed by atoms with van der Waals surface area (Å²) in [6, 6.07) is 8.17. The number of hydrogen-bond acceptors (Lipinski definition) is 4. The third-order valence-electron chi connectivity index (χ3n) is 4.85. The van der Waals surface area contributed by atoms with E-state index in [1.54, 1.807) is 7.11 Å². The molecule has 2 rings (SSSR count). The van der Waals surface area contributed by atoms with Gasteiger partial charge in [0.2, 0.25) is 5.91 Å². The number of nitrogens with two attached hydrogens (primary N) is 1. The lowest BCUT2D eigenvalue weighted by molar-refractivity contribution is -0.131. The number of likely N-dealkylation sites (tertiary alicyclic amines) is 1. The average Bonchev–Trinajstić information content (AvgIpc) is 2.55. The maximum Gasteiger partial charge on any atom is 0.223 e. The molecule has 0 radical (unpaired) electrons. The molecule has 0 bridgehead atoms. The number of ether oxygens (including phenoxy) is 2. The van der Waals surface area contributed by atoms with Crippen LogP contribution in [0.15, 0.2) is 24.3 Å². The number of nitrogens with zero attached hydrogens (tertiary/aromatic N) is 1. The number of para-hydroxylation sites is 1. The molecule has 1 amide bonds. The van der Waals surface area contributed by atoms with Gasteiger partial charge < -0.3 is 15.2 Å². The SMILES string of the molecule is COCCC1(C(N)=O)CCN(Cc2ccccc2OC(C)C)CC1. The topological polar surface area (TPSA) is 64.8 Å². The van der Waals surface area contributed by atoms with Crippen molar-refractivity contribution in [2.75, 3.05) is 26.8 Å². The molecule has 5 nitrogen and oxygen atoms in total. The monoisotopic (exact) mass is 334 g/mol. The van der Waals surface area contributed by atoms with Crippen LogP contribution in [0.25, 0.3) is 0 Å². The van der Waals surface area contributed by atoms with Crippen LogP contribution in [0, 0.1) is 5.41 Å². The fraction of sp³-hybridized carbons (Fsp3) is 0.632. The van der Waals surface area contributed by atoms with Gasteiger partial charge in [0.15, 0.2) is 0 Å². The van der Waals surface area contributed by atoms with Crippen LogP contribution < -0.4 is 10.5 Å². The predicted octanol–water partition coefficient (Wildman–Crippen LogP) is 2.58. The molecule has 0 unspecified atom stereocenters. The molecule has 0 spiro atoms. The summed E-state index contributed by atoms with van der Waals surface area (Å²) in [4.78, 5) is 14.3. The Hall–Kier alpha value is -1.59. The Morgan fingerprint density at radius 2 is 1.96 bits per heavy atom. The van der Waals surface area contributed by atoms with E-state index >= 15 is 0 Å². The van der Waals surface area contributed by atoms with E-state index in [4.69, 9.17) is 15.2 Å². The first kappa shape index (κ1) is 18.7. The third kappa shape index (κ3) is 4.71. The summed E-state index contributed by atoms with van der Waals surface area (Å²) in [5.41, 5.74) is 6.46. The molecule has 0 aromatic heterocycles. The lowest BCUT2D eigenvalue weighted by atomic mass is 9.75. The van der Waals surface area contributed by atoms with Gasteiger partial charge in [-0.2, -0.15) is 0 Å². The van der Waals surface area contributed by atoms with Gasteiger partial charge in [-0.05, 0) is 52.3 Å². The first-order valence-electron chi connectivity index (χ1n) is 8.72. The largest absolute Gasteiger partial charge is 0.491 e. The number of carbonyl (C=O) groups is 1. The minimum Gasteiger partial charge on any atom is -0.491 e. The Kier molecular flexibility index (Phi) is 6.63. The third-order valence-corrected chi connectivity index (χ3v) is 4.85. The molecule has 1 aromatic rings. The van der Waals surface area contributed by atoms with Crippen LogP contribution in [0.5, 0.6) is 5.75 Å². The summed E-state index contributed by atoms with van der Waals surface area (Å²) >= 11 is 0. The standard InChI is InChI=1S/C19H30N2O3/c1-15(2)24-17-7-5-4-6-16(17)14-21-11-8-19(9-12-21,18(20)22)10-13-23-3/h4-7,15H,8-14H2,1-3H3,(H2,20,22). The Labute approximate surface area is 145 Å². The molecule has 5 heteroatoms. The number of hydrogen-bond donors (Lipinski definition) is 1. The van der Waals surface area contributed by atoms with Crippen molar-refractivity contribution >= 4 is 5.91 Å². The summed E-state index contributed by atoms with van der Waals surface area (Å²) < 4.78 is 11.1. The number of primary amides is 1. The molecule has 1 aliphatic rings. The van der Waals surface area contributed by atoms with Crippen LogP contribution in [-0.2, 0) is 16.1 Å². The summed E-state index contributed by atoms with van der Waals surface area (Å²) in [6.45, 7) is 7.21. The fourth-order valence-corrected chi connectivity index (χ4v) is 3.30. The Morgan fingerprint density at radius 3 is 2.54 bits per heavy atom. The second kappa shape index (κ2) is 8.49. The van der Waals surface area contributed by atoms with Crippen LogP contribution >= 0.6 is 0 Å². The van der Waals surface area contributed by atoms with Gasteiger partial charge in [-0.1, -0.05) is 18.2 Å². The quantitative estimate of drug-likeness (QED) is 0.793. The maximum atomic E-state index is 12.0. The Morgan fingerprint density at radius 1 is 1.29 bits per heavy atom. The van der Waals surface area contributed by atoms with Crippen LogP contribution in [0.1, 0.15) is 38.7 Å². The van der Waals surface area contributed by atoms with Gasteiger partial charge in [-0.15, -0.1) is 0 Å². The van der Waals surface area contributed by atoms with E-state index in [-0.39, 0.29) is 12.0 Å². The first-order chi connectivity index (χ1) is 11.5. The molecule has 0 saturated carbocycles. The molecule has 0 atom stereocenters. The number of rotatable bonds is 8. The fourth-order valence-electron chi connectivity index (χ4n) is 3.30. The van der Waals surface area contributed by atoms with Crippen LogP contribution in [0.3, 0.4) is 0 Å². The van der Waals surface area contributed by atoms with Crippen molar-refractivity contribution < 1.29 is 14.3 Å². The van der Waals surface area contributed by atoms with Gasteiger partial charge >= 0.3 is 0 Å². The summed E-state index contributed by atoms with van der Waals surface area (Å²) in [6.07, 6.45) is 2.45. The molecule has 1 fully saturated rings. The van der Waals surface area contributed by atoms with E-state index in [0.29, 0.717) is 13.0 Å². The van der Waals surface area contributed by atoms with Crippen molar-refractivity contribution in [3.8, 4) is 5.75 Å². The van der Waals surface area contributed by atoms with Crippen LogP contribution in [0.4, 0.5) is 0 Å². The van der Waals surface area contributed by atoms with E-state index in [2.05, 4.69) is 11.0 Å². The molecule has 134 valence electrons.